The Labute approximate surface area is 193 Å². The summed E-state index contributed by atoms with van der Waals surface area (Å²) in [6.45, 7) is 1.83. The minimum absolute atomic E-state index is 0.0388. The van der Waals surface area contributed by atoms with Crippen LogP contribution in [0.4, 0.5) is 5.69 Å². The molecule has 1 saturated heterocycles. The fourth-order valence-electron chi connectivity index (χ4n) is 3.92. The Hall–Kier alpha value is -3.69. The molecule has 1 unspecified atom stereocenters. The summed E-state index contributed by atoms with van der Waals surface area (Å²) in [6.07, 6.45) is 0.399. The Morgan fingerprint density at radius 1 is 0.969 bits per heavy atom. The van der Waals surface area contributed by atoms with Gasteiger partial charge in [0.15, 0.2) is 5.11 Å². The highest BCUT2D eigenvalue weighted by Crippen LogP contribution is 2.27. The highest BCUT2D eigenvalue weighted by molar-refractivity contribution is 7.80. The van der Waals surface area contributed by atoms with E-state index >= 15 is 0 Å². The van der Waals surface area contributed by atoms with Gasteiger partial charge in [0.25, 0.3) is 0 Å². The zero-order chi connectivity index (χ0) is 22.3. The van der Waals surface area contributed by atoms with Gasteiger partial charge in [0.05, 0.1) is 24.1 Å². The Balaban J connectivity index is 1.50. The Morgan fingerprint density at radius 3 is 2.28 bits per heavy atom. The number of carbonyl (C=O) groups excluding carboxylic acids is 1. The highest BCUT2D eigenvalue weighted by atomic mass is 32.1. The third-order valence-electron chi connectivity index (χ3n) is 5.64. The van der Waals surface area contributed by atoms with Crippen molar-refractivity contribution in [3.63, 3.8) is 0 Å². The molecule has 1 aliphatic heterocycles. The standard InChI is InChI=1S/C26H24N4OS/c27-18-21-11-13-23(14-12-21)28-26(32)30-16-15-29(19-24(30)22-9-5-2-6-10-22)25(31)17-20-7-3-1-4-8-20/h1-14,24H,15-17,19H2,(H,28,32). The summed E-state index contributed by atoms with van der Waals surface area (Å²) in [5.74, 6) is 0.128. The third kappa shape index (κ3) is 5.13. The number of hydrogen-bond donors (Lipinski definition) is 1. The zero-order valence-corrected chi connectivity index (χ0v) is 18.5. The second-order valence-electron chi connectivity index (χ2n) is 7.74. The molecule has 1 atom stereocenters. The molecule has 0 aromatic heterocycles. The lowest BCUT2D eigenvalue weighted by Crippen LogP contribution is -2.53. The molecular weight excluding hydrogens is 416 g/mol. The molecule has 6 heteroatoms. The zero-order valence-electron chi connectivity index (χ0n) is 17.6. The van der Waals surface area contributed by atoms with E-state index in [1.807, 2.05) is 65.6 Å². The summed E-state index contributed by atoms with van der Waals surface area (Å²) in [7, 11) is 0. The molecule has 1 N–H and O–H groups in total. The second kappa shape index (κ2) is 10.1. The van der Waals surface area contributed by atoms with Crippen LogP contribution in [0, 0.1) is 11.3 Å². The number of hydrogen-bond acceptors (Lipinski definition) is 3. The van der Waals surface area contributed by atoms with E-state index in [1.54, 1.807) is 12.1 Å². The van der Waals surface area contributed by atoms with Crippen molar-refractivity contribution in [2.75, 3.05) is 25.0 Å². The summed E-state index contributed by atoms with van der Waals surface area (Å²) in [5.41, 5.74) is 3.58. The molecule has 5 nitrogen and oxygen atoms in total. The lowest BCUT2D eigenvalue weighted by Gasteiger charge is -2.43. The first-order valence-electron chi connectivity index (χ1n) is 10.6. The molecule has 32 heavy (non-hydrogen) atoms. The molecule has 1 heterocycles. The Morgan fingerprint density at radius 2 is 1.62 bits per heavy atom. The maximum absolute atomic E-state index is 13.0. The number of piperazine rings is 1. The number of benzene rings is 3. The minimum atomic E-state index is -0.0388. The van der Waals surface area contributed by atoms with Gasteiger partial charge >= 0.3 is 0 Å². The van der Waals surface area contributed by atoms with Crippen molar-refractivity contribution in [1.82, 2.24) is 9.80 Å². The van der Waals surface area contributed by atoms with Crippen molar-refractivity contribution in [2.45, 2.75) is 12.5 Å². The molecule has 3 aromatic carbocycles. The van der Waals surface area contributed by atoms with Crippen molar-refractivity contribution in [2.24, 2.45) is 0 Å². The third-order valence-corrected chi connectivity index (χ3v) is 5.98. The molecule has 160 valence electrons. The summed E-state index contributed by atoms with van der Waals surface area (Å²) in [4.78, 5) is 17.1. The summed E-state index contributed by atoms with van der Waals surface area (Å²) < 4.78 is 0. The van der Waals surface area contributed by atoms with Crippen molar-refractivity contribution in [3.8, 4) is 6.07 Å². The first-order valence-corrected chi connectivity index (χ1v) is 11.0. The molecule has 3 aromatic rings. The lowest BCUT2D eigenvalue weighted by atomic mass is 10.0. The van der Waals surface area contributed by atoms with Crippen LogP contribution in [0.25, 0.3) is 0 Å². The predicted octanol–water partition coefficient (Wildman–Crippen LogP) is 4.38. The van der Waals surface area contributed by atoms with Crippen molar-refractivity contribution in [1.29, 1.82) is 5.26 Å². The van der Waals surface area contributed by atoms with Crippen LogP contribution in [-0.2, 0) is 11.2 Å². The van der Waals surface area contributed by atoms with Gasteiger partial charge in [-0.05, 0) is 47.6 Å². The molecule has 1 aliphatic rings. The van der Waals surface area contributed by atoms with Gasteiger partial charge in [-0.25, -0.2) is 0 Å². The average Bonchev–Trinajstić information content (AvgIpc) is 2.85. The molecule has 0 radical (unpaired) electrons. The number of carbonyl (C=O) groups is 1. The van der Waals surface area contributed by atoms with E-state index in [4.69, 9.17) is 17.5 Å². The van der Waals surface area contributed by atoms with Crippen LogP contribution < -0.4 is 5.32 Å². The summed E-state index contributed by atoms with van der Waals surface area (Å²) in [5, 5.41) is 12.9. The average molecular weight is 441 g/mol. The monoisotopic (exact) mass is 440 g/mol. The van der Waals surface area contributed by atoms with Crippen molar-refractivity contribution in [3.05, 3.63) is 102 Å². The number of thiocarbonyl (C=S) groups is 1. The normalized spacial score (nSPS) is 15.7. The van der Waals surface area contributed by atoms with Crippen LogP contribution in [0.15, 0.2) is 84.9 Å². The Kier molecular flexibility index (Phi) is 6.78. The van der Waals surface area contributed by atoms with E-state index in [0.29, 0.717) is 36.7 Å². The quantitative estimate of drug-likeness (QED) is 0.610. The van der Waals surface area contributed by atoms with Gasteiger partial charge in [0.2, 0.25) is 5.91 Å². The van der Waals surface area contributed by atoms with Gasteiger partial charge in [-0.3, -0.25) is 4.79 Å². The molecule has 0 bridgehead atoms. The SMILES string of the molecule is N#Cc1ccc(NC(=S)N2CCN(C(=O)Cc3ccccc3)CC2c2ccccc2)cc1. The number of nitrogens with zero attached hydrogens (tertiary/aromatic N) is 3. The smallest absolute Gasteiger partial charge is 0.227 e. The molecule has 4 rings (SSSR count). The van der Waals surface area contributed by atoms with E-state index in [9.17, 15) is 4.79 Å². The van der Waals surface area contributed by atoms with Crippen LogP contribution in [0.3, 0.4) is 0 Å². The van der Waals surface area contributed by atoms with E-state index in [0.717, 1.165) is 16.8 Å². The first kappa shape index (κ1) is 21.5. The number of amides is 1. The van der Waals surface area contributed by atoms with E-state index in [2.05, 4.69) is 28.4 Å². The van der Waals surface area contributed by atoms with Gasteiger partial charge in [-0.1, -0.05) is 60.7 Å². The molecule has 0 spiro atoms. The number of nitrogens with one attached hydrogen (secondary N) is 1. The topological polar surface area (TPSA) is 59.4 Å². The van der Waals surface area contributed by atoms with Crippen LogP contribution >= 0.6 is 12.2 Å². The molecular formula is C26H24N4OS. The summed E-state index contributed by atoms with van der Waals surface area (Å²) in [6, 6.07) is 29.3. The Bertz CT molecular complexity index is 1110. The van der Waals surface area contributed by atoms with Gasteiger partial charge in [-0.15, -0.1) is 0 Å². The van der Waals surface area contributed by atoms with E-state index in [1.165, 1.54) is 0 Å². The maximum atomic E-state index is 13.0. The van der Waals surface area contributed by atoms with Crippen molar-refractivity contribution >= 4 is 28.9 Å². The van der Waals surface area contributed by atoms with Crippen LogP contribution in [0.1, 0.15) is 22.7 Å². The second-order valence-corrected chi connectivity index (χ2v) is 8.13. The number of rotatable bonds is 4. The largest absolute Gasteiger partial charge is 0.338 e. The van der Waals surface area contributed by atoms with E-state index in [-0.39, 0.29) is 11.9 Å². The first-order chi connectivity index (χ1) is 15.6. The number of nitriles is 1. The minimum Gasteiger partial charge on any atom is -0.338 e. The number of anilines is 1. The maximum Gasteiger partial charge on any atom is 0.227 e. The van der Waals surface area contributed by atoms with Crippen LogP contribution in [0.5, 0.6) is 0 Å². The van der Waals surface area contributed by atoms with Gasteiger partial charge in [0, 0.05) is 25.3 Å². The summed E-state index contributed by atoms with van der Waals surface area (Å²) >= 11 is 5.75. The molecule has 1 fully saturated rings. The van der Waals surface area contributed by atoms with Crippen LogP contribution in [-0.4, -0.2) is 40.5 Å². The molecule has 0 aliphatic carbocycles. The molecule has 1 amide bonds. The van der Waals surface area contributed by atoms with Crippen LogP contribution in [0.2, 0.25) is 0 Å². The van der Waals surface area contributed by atoms with Crippen molar-refractivity contribution < 1.29 is 4.79 Å². The van der Waals surface area contributed by atoms with Gasteiger partial charge < -0.3 is 15.1 Å². The van der Waals surface area contributed by atoms with Gasteiger partial charge in [0.1, 0.15) is 0 Å². The molecule has 0 saturated carbocycles. The predicted molar refractivity (Wildman–Crippen MR) is 130 cm³/mol. The fraction of sp³-hybridized carbons (Fsp3) is 0.192. The lowest BCUT2D eigenvalue weighted by molar-refractivity contribution is -0.132. The van der Waals surface area contributed by atoms with E-state index < -0.39 is 0 Å². The van der Waals surface area contributed by atoms with Gasteiger partial charge in [-0.2, -0.15) is 5.26 Å². The highest BCUT2D eigenvalue weighted by Gasteiger charge is 2.32. The fourth-order valence-corrected chi connectivity index (χ4v) is 4.26.